The lowest BCUT2D eigenvalue weighted by molar-refractivity contribution is -0.0517. The smallest absolute Gasteiger partial charge is 0.485 e. The highest BCUT2D eigenvalue weighted by Gasteiger charge is 2.36. The molecule has 0 amide bonds. The number of rotatable bonds is 2. The van der Waals surface area contributed by atoms with Gasteiger partial charge in [-0.1, -0.05) is 18.2 Å². The van der Waals surface area contributed by atoms with Gasteiger partial charge in [-0.2, -0.15) is 13.2 Å². The molecule has 1 heterocycles. The van der Waals surface area contributed by atoms with Crippen LogP contribution < -0.4 is 0 Å². The summed E-state index contributed by atoms with van der Waals surface area (Å²) in [4.78, 5) is 0. The molecule has 3 nitrogen and oxygen atoms in total. The van der Waals surface area contributed by atoms with Gasteiger partial charge in [0.2, 0.25) is 0 Å². The van der Waals surface area contributed by atoms with E-state index in [-0.39, 0.29) is 0 Å². The molecule has 132 valence electrons. The Balaban J connectivity index is 0.000000284. The molecule has 0 unspecified atom stereocenters. The zero-order valence-electron chi connectivity index (χ0n) is 13.1. The molecule has 23 heavy (non-hydrogen) atoms. The summed E-state index contributed by atoms with van der Waals surface area (Å²) < 4.78 is 58.9. The molecule has 1 fully saturated rings. The number of benzene rings is 1. The lowest BCUT2D eigenvalue weighted by Crippen LogP contribution is -2.21. The Morgan fingerprint density at radius 2 is 1.52 bits per heavy atom. The third kappa shape index (κ3) is 6.73. The quantitative estimate of drug-likeness (QED) is 0.454. The van der Waals surface area contributed by atoms with E-state index in [2.05, 4.69) is 32.0 Å². The van der Waals surface area contributed by atoms with Gasteiger partial charge in [-0.05, 0) is 55.1 Å². The van der Waals surface area contributed by atoms with Gasteiger partial charge in [-0.25, -0.2) is 8.42 Å². The normalized spacial score (nSPS) is 16.6. The van der Waals surface area contributed by atoms with Crippen LogP contribution in [-0.2, 0) is 26.8 Å². The minimum atomic E-state index is -6.09. The van der Waals surface area contributed by atoms with Crippen molar-refractivity contribution < 1.29 is 26.1 Å². The van der Waals surface area contributed by atoms with Crippen LogP contribution in [0.3, 0.4) is 0 Å². The fraction of sp³-hybridized carbons (Fsp3) is 0.600. The van der Waals surface area contributed by atoms with Gasteiger partial charge in [0.25, 0.3) is 0 Å². The summed E-state index contributed by atoms with van der Waals surface area (Å²) in [5.74, 6) is 4.31. The maximum Gasteiger partial charge on any atom is 0.485 e. The molecular weight excluding hydrogens is 349 g/mol. The monoisotopic (exact) mass is 370 g/mol. The van der Waals surface area contributed by atoms with Crippen LogP contribution in [-0.4, -0.2) is 30.0 Å². The lowest BCUT2D eigenvalue weighted by Gasteiger charge is -2.16. The molecule has 1 saturated heterocycles. The van der Waals surface area contributed by atoms with E-state index in [0.717, 1.165) is 0 Å². The van der Waals surface area contributed by atoms with Crippen LogP contribution in [0.5, 0.6) is 0 Å². The Morgan fingerprint density at radius 1 is 1.09 bits per heavy atom. The minimum absolute atomic E-state index is 0.684. The average molecular weight is 370 g/mol. The van der Waals surface area contributed by atoms with E-state index in [0.29, 0.717) is 10.9 Å². The Morgan fingerprint density at radius 3 is 1.91 bits per heavy atom. The van der Waals surface area contributed by atoms with Crippen LogP contribution in [0.4, 0.5) is 13.2 Å². The van der Waals surface area contributed by atoms with E-state index < -0.39 is 15.6 Å². The second-order valence-corrected chi connectivity index (χ2v) is 9.20. The second kappa shape index (κ2) is 8.39. The van der Waals surface area contributed by atoms with Crippen LogP contribution in [0.25, 0.3) is 0 Å². The highest BCUT2D eigenvalue weighted by molar-refractivity contribution is 7.96. The van der Waals surface area contributed by atoms with Crippen molar-refractivity contribution >= 4 is 21.0 Å². The van der Waals surface area contributed by atoms with Crippen LogP contribution in [0, 0.1) is 13.8 Å². The van der Waals surface area contributed by atoms with Crippen molar-refractivity contribution in [2.24, 2.45) is 0 Å². The number of hydrogen-bond donors (Lipinski definition) is 0. The zero-order valence-corrected chi connectivity index (χ0v) is 14.8. The SMILES string of the molecule is Cc1cccc(C)c1C[S+]1CCCCC1.O=S(=O)([O-])C(F)(F)F. The number of aryl methyl sites for hydroxylation is 2. The van der Waals surface area contributed by atoms with Gasteiger partial charge in [0.05, 0.1) is 0 Å². The highest BCUT2D eigenvalue weighted by Crippen LogP contribution is 2.22. The van der Waals surface area contributed by atoms with Crippen LogP contribution in [0.15, 0.2) is 18.2 Å². The van der Waals surface area contributed by atoms with Gasteiger partial charge in [0, 0.05) is 5.56 Å². The summed E-state index contributed by atoms with van der Waals surface area (Å²) in [6.07, 6.45) is 4.40. The first-order valence-electron chi connectivity index (χ1n) is 7.23. The molecule has 2 rings (SSSR count). The summed E-state index contributed by atoms with van der Waals surface area (Å²) in [5, 5.41) is 0. The van der Waals surface area contributed by atoms with Crippen molar-refractivity contribution in [2.45, 2.75) is 44.4 Å². The first-order valence-corrected chi connectivity index (χ1v) is 10.4. The predicted octanol–water partition coefficient (Wildman–Crippen LogP) is 3.66. The van der Waals surface area contributed by atoms with Crippen molar-refractivity contribution in [2.75, 3.05) is 11.5 Å². The summed E-state index contributed by atoms with van der Waals surface area (Å²) >= 11 is 0. The number of hydrogen-bond acceptors (Lipinski definition) is 3. The summed E-state index contributed by atoms with van der Waals surface area (Å²) in [6.45, 7) is 4.52. The Labute approximate surface area is 138 Å². The van der Waals surface area contributed by atoms with Crippen molar-refractivity contribution in [1.29, 1.82) is 0 Å². The molecule has 1 aliphatic rings. The molecule has 0 N–H and O–H groups in total. The van der Waals surface area contributed by atoms with E-state index >= 15 is 0 Å². The largest absolute Gasteiger partial charge is 0.741 e. The van der Waals surface area contributed by atoms with Gasteiger partial charge < -0.3 is 4.55 Å². The maximum atomic E-state index is 10.7. The van der Waals surface area contributed by atoms with Crippen molar-refractivity contribution in [1.82, 2.24) is 0 Å². The van der Waals surface area contributed by atoms with Crippen LogP contribution in [0.1, 0.15) is 36.0 Å². The fourth-order valence-electron chi connectivity index (χ4n) is 2.32. The summed E-state index contributed by atoms with van der Waals surface area (Å²) in [7, 11) is -5.41. The molecule has 1 aromatic rings. The zero-order chi connectivity index (χ0) is 17.7. The molecule has 8 heteroatoms. The second-order valence-electron chi connectivity index (χ2n) is 5.50. The van der Waals surface area contributed by atoms with E-state index in [1.165, 1.54) is 47.6 Å². The summed E-state index contributed by atoms with van der Waals surface area (Å²) in [5.41, 5.74) is -1.03. The van der Waals surface area contributed by atoms with Crippen LogP contribution in [0.2, 0.25) is 0 Å². The maximum absolute atomic E-state index is 10.7. The summed E-state index contributed by atoms with van der Waals surface area (Å²) in [6, 6.07) is 6.70. The minimum Gasteiger partial charge on any atom is -0.741 e. The third-order valence-corrected chi connectivity index (χ3v) is 6.64. The molecule has 1 aromatic carbocycles. The van der Waals surface area contributed by atoms with Gasteiger partial charge in [0.15, 0.2) is 10.1 Å². The molecule has 0 radical (unpaired) electrons. The number of alkyl halides is 3. The highest BCUT2D eigenvalue weighted by atomic mass is 32.2. The topological polar surface area (TPSA) is 57.2 Å². The molecule has 1 aliphatic heterocycles. The molecule has 0 aromatic heterocycles. The molecule has 0 saturated carbocycles. The van der Waals surface area contributed by atoms with Gasteiger partial charge >= 0.3 is 5.51 Å². The molecule has 0 atom stereocenters. The molecular formula is C15H21F3O3S2. The van der Waals surface area contributed by atoms with E-state index in [1.807, 2.05) is 0 Å². The molecule has 0 bridgehead atoms. The Hall–Kier alpha value is -0.730. The average Bonchev–Trinajstić information content (AvgIpc) is 2.43. The Bertz CT molecular complexity index is 587. The Kier molecular flexibility index (Phi) is 7.41. The standard InChI is InChI=1S/C14H21S.CHF3O3S/c1-12-7-6-8-13(2)14(12)11-15-9-4-3-5-10-15;2-1(3,4)8(5,6)7/h6-8H,3-5,9-11H2,1-2H3;(H,5,6,7)/q+1;/p-1. The van der Waals surface area contributed by atoms with Crippen molar-refractivity contribution in [3.8, 4) is 0 Å². The fourth-order valence-corrected chi connectivity index (χ4v) is 4.90. The van der Waals surface area contributed by atoms with Gasteiger partial charge in [-0.3, -0.25) is 0 Å². The molecule has 0 spiro atoms. The van der Waals surface area contributed by atoms with E-state index in [4.69, 9.17) is 13.0 Å². The number of halogens is 3. The predicted molar refractivity (Wildman–Crippen MR) is 86.3 cm³/mol. The molecule has 0 aliphatic carbocycles. The van der Waals surface area contributed by atoms with E-state index in [1.54, 1.807) is 5.56 Å². The van der Waals surface area contributed by atoms with E-state index in [9.17, 15) is 13.2 Å². The van der Waals surface area contributed by atoms with Crippen molar-refractivity contribution in [3.63, 3.8) is 0 Å². The van der Waals surface area contributed by atoms with Gasteiger partial charge in [0.1, 0.15) is 17.3 Å². The van der Waals surface area contributed by atoms with Gasteiger partial charge in [-0.15, -0.1) is 0 Å². The van der Waals surface area contributed by atoms with Crippen LogP contribution >= 0.6 is 0 Å². The first kappa shape index (κ1) is 20.3. The first-order chi connectivity index (χ1) is 10.5. The van der Waals surface area contributed by atoms with Crippen molar-refractivity contribution in [3.05, 3.63) is 34.9 Å². The third-order valence-electron chi connectivity index (χ3n) is 3.64. The lowest BCUT2D eigenvalue weighted by atomic mass is 10.1.